The van der Waals surface area contributed by atoms with Crippen molar-refractivity contribution in [3.05, 3.63) is 59.3 Å². The zero-order valence-electron chi connectivity index (χ0n) is 12.1. The molecular weight excluding hydrogens is 356 g/mol. The maximum absolute atomic E-state index is 12.6. The predicted octanol–water partition coefficient (Wildman–Crippen LogP) is 3.51. The molecule has 2 aromatic rings. The summed E-state index contributed by atoms with van der Waals surface area (Å²) in [5, 5.41) is 0.129. The van der Waals surface area contributed by atoms with Gasteiger partial charge >= 0.3 is 5.69 Å². The molecule has 0 spiro atoms. The summed E-state index contributed by atoms with van der Waals surface area (Å²) in [6.07, 6.45) is 1.30. The molecule has 0 aliphatic heterocycles. The van der Waals surface area contributed by atoms with E-state index < -0.39 is 5.69 Å². The van der Waals surface area contributed by atoms with Crippen LogP contribution >= 0.6 is 27.5 Å². The summed E-state index contributed by atoms with van der Waals surface area (Å²) >= 11 is 9.44. The van der Waals surface area contributed by atoms with Gasteiger partial charge in [-0.1, -0.05) is 31.0 Å². The normalized spacial score (nSPS) is 10.9. The van der Waals surface area contributed by atoms with Crippen molar-refractivity contribution in [3.8, 4) is 5.69 Å². The molecule has 112 valence electrons. The van der Waals surface area contributed by atoms with Gasteiger partial charge in [-0.3, -0.25) is 9.78 Å². The Hall–Kier alpha value is -1.33. The minimum atomic E-state index is -0.530. The zero-order chi connectivity index (χ0) is 15.7. The van der Waals surface area contributed by atoms with Gasteiger partial charge in [0.05, 0.1) is 11.3 Å². The van der Waals surface area contributed by atoms with Gasteiger partial charge in [-0.25, -0.2) is 9.36 Å². The van der Waals surface area contributed by atoms with Gasteiger partial charge in [-0.15, -0.1) is 0 Å². The first-order valence-corrected chi connectivity index (χ1v) is 7.84. The fraction of sp³-hybridized carbons (Fsp3) is 0.333. The smallest absolute Gasteiger partial charge is 0.297 e. The SMILES string of the molecule is CCCc1c(Cl)[nH]c(=O)n(-c2c(C)cc(C)cc2Br)c1=O. The predicted molar refractivity (Wildman–Crippen MR) is 88.8 cm³/mol. The van der Waals surface area contributed by atoms with Crippen LogP contribution in [0.5, 0.6) is 0 Å². The number of hydrogen-bond donors (Lipinski definition) is 1. The summed E-state index contributed by atoms with van der Waals surface area (Å²) in [4.78, 5) is 27.4. The molecule has 0 saturated carbocycles. The van der Waals surface area contributed by atoms with Gasteiger partial charge in [0, 0.05) is 4.47 Å². The average Bonchev–Trinajstić information content (AvgIpc) is 2.37. The Bertz CT molecular complexity index is 785. The lowest BCUT2D eigenvalue weighted by Gasteiger charge is -2.13. The first-order valence-electron chi connectivity index (χ1n) is 6.67. The van der Waals surface area contributed by atoms with Gasteiger partial charge in [0.2, 0.25) is 0 Å². The van der Waals surface area contributed by atoms with Crippen molar-refractivity contribution in [2.24, 2.45) is 0 Å². The Morgan fingerprint density at radius 1 is 1.29 bits per heavy atom. The molecule has 2 rings (SSSR count). The first kappa shape index (κ1) is 16.0. The van der Waals surface area contributed by atoms with E-state index in [4.69, 9.17) is 11.6 Å². The van der Waals surface area contributed by atoms with E-state index in [0.29, 0.717) is 22.1 Å². The molecule has 0 aliphatic rings. The van der Waals surface area contributed by atoms with Crippen molar-refractivity contribution in [3.63, 3.8) is 0 Å². The van der Waals surface area contributed by atoms with Crippen LogP contribution in [0.1, 0.15) is 30.0 Å². The van der Waals surface area contributed by atoms with Crippen molar-refractivity contribution in [2.45, 2.75) is 33.6 Å². The van der Waals surface area contributed by atoms with Crippen LogP contribution in [-0.2, 0) is 6.42 Å². The number of halogens is 2. The van der Waals surface area contributed by atoms with Gasteiger partial charge in [-0.2, -0.15) is 0 Å². The van der Waals surface area contributed by atoms with Gasteiger partial charge < -0.3 is 0 Å². The highest BCUT2D eigenvalue weighted by Gasteiger charge is 2.17. The molecule has 0 aliphatic carbocycles. The number of benzene rings is 1. The zero-order valence-corrected chi connectivity index (χ0v) is 14.4. The second kappa shape index (κ2) is 6.20. The Morgan fingerprint density at radius 2 is 1.95 bits per heavy atom. The van der Waals surface area contributed by atoms with Gasteiger partial charge in [0.1, 0.15) is 5.15 Å². The lowest BCUT2D eigenvalue weighted by Crippen LogP contribution is -2.36. The summed E-state index contributed by atoms with van der Waals surface area (Å²) in [7, 11) is 0. The van der Waals surface area contributed by atoms with Gasteiger partial charge in [-0.05, 0) is 53.4 Å². The Morgan fingerprint density at radius 3 is 2.52 bits per heavy atom. The molecule has 1 aromatic heterocycles. The third-order valence-corrected chi connectivity index (χ3v) is 4.19. The van der Waals surface area contributed by atoms with E-state index in [2.05, 4.69) is 20.9 Å². The molecule has 0 amide bonds. The maximum atomic E-state index is 12.6. The standard InChI is InChI=1S/C15H16BrClN2O2/c1-4-5-10-13(17)18-15(21)19(14(10)20)12-9(3)6-8(2)7-11(12)16/h6-7H,4-5H2,1-3H3,(H,18,21). The largest absolute Gasteiger partial charge is 0.334 e. The third-order valence-electron chi connectivity index (χ3n) is 3.27. The van der Waals surface area contributed by atoms with E-state index >= 15 is 0 Å². The lowest BCUT2D eigenvalue weighted by molar-refractivity contribution is 0.806. The first-order chi connectivity index (χ1) is 9.86. The summed E-state index contributed by atoms with van der Waals surface area (Å²) in [6.45, 7) is 5.78. The molecule has 0 saturated heterocycles. The average molecular weight is 372 g/mol. The molecule has 4 nitrogen and oxygen atoms in total. The van der Waals surface area contributed by atoms with Crippen molar-refractivity contribution in [1.29, 1.82) is 0 Å². The van der Waals surface area contributed by atoms with E-state index in [-0.39, 0.29) is 10.7 Å². The molecule has 6 heteroatoms. The molecule has 0 fully saturated rings. The number of aromatic nitrogens is 2. The fourth-order valence-electron chi connectivity index (χ4n) is 2.41. The van der Waals surface area contributed by atoms with Gasteiger partial charge in [0.15, 0.2) is 0 Å². The molecule has 1 N–H and O–H groups in total. The van der Waals surface area contributed by atoms with Crippen LogP contribution in [0.25, 0.3) is 5.69 Å². The van der Waals surface area contributed by atoms with E-state index in [9.17, 15) is 9.59 Å². The number of aromatic amines is 1. The van der Waals surface area contributed by atoms with Crippen LogP contribution in [0, 0.1) is 13.8 Å². The minimum absolute atomic E-state index is 0.129. The van der Waals surface area contributed by atoms with Crippen molar-refractivity contribution >= 4 is 27.5 Å². The van der Waals surface area contributed by atoms with Crippen LogP contribution in [0.4, 0.5) is 0 Å². The Labute approximate surface area is 135 Å². The van der Waals surface area contributed by atoms with Crippen molar-refractivity contribution in [1.82, 2.24) is 9.55 Å². The Balaban J connectivity index is 2.86. The molecule has 1 aromatic carbocycles. The van der Waals surface area contributed by atoms with E-state index in [1.165, 1.54) is 0 Å². The molecule has 0 atom stereocenters. The Kier molecular flexibility index (Phi) is 4.74. The molecule has 1 heterocycles. The van der Waals surface area contributed by atoms with Crippen molar-refractivity contribution < 1.29 is 0 Å². The molecule has 0 radical (unpaired) electrons. The van der Waals surface area contributed by atoms with Crippen LogP contribution in [0.2, 0.25) is 5.15 Å². The van der Waals surface area contributed by atoms with Crippen LogP contribution in [0.15, 0.2) is 26.2 Å². The van der Waals surface area contributed by atoms with E-state index in [1.807, 2.05) is 32.9 Å². The molecule has 0 bridgehead atoms. The van der Waals surface area contributed by atoms with Crippen molar-refractivity contribution in [2.75, 3.05) is 0 Å². The summed E-state index contributed by atoms with van der Waals surface area (Å²) < 4.78 is 1.85. The molecule has 21 heavy (non-hydrogen) atoms. The van der Waals surface area contributed by atoms with Crippen LogP contribution in [0.3, 0.4) is 0 Å². The minimum Gasteiger partial charge on any atom is -0.297 e. The maximum Gasteiger partial charge on any atom is 0.334 e. The quantitative estimate of drug-likeness (QED) is 0.839. The van der Waals surface area contributed by atoms with Gasteiger partial charge in [0.25, 0.3) is 5.56 Å². The van der Waals surface area contributed by atoms with E-state index in [1.54, 1.807) is 0 Å². The highest BCUT2D eigenvalue weighted by molar-refractivity contribution is 9.10. The number of nitrogens with zero attached hydrogens (tertiary/aromatic N) is 1. The third kappa shape index (κ3) is 2.99. The summed E-state index contributed by atoms with van der Waals surface area (Å²) in [5.74, 6) is 0. The van der Waals surface area contributed by atoms with Crippen LogP contribution < -0.4 is 11.2 Å². The molecular formula is C15H16BrClN2O2. The fourth-order valence-corrected chi connectivity index (χ4v) is 3.51. The number of aryl methyl sites for hydroxylation is 2. The second-order valence-electron chi connectivity index (χ2n) is 5.03. The summed E-state index contributed by atoms with van der Waals surface area (Å²) in [5.41, 5.74) is 2.00. The monoisotopic (exact) mass is 370 g/mol. The number of rotatable bonds is 3. The highest BCUT2D eigenvalue weighted by Crippen LogP contribution is 2.25. The number of nitrogens with one attached hydrogen (secondary N) is 1. The van der Waals surface area contributed by atoms with Crippen LogP contribution in [-0.4, -0.2) is 9.55 Å². The topological polar surface area (TPSA) is 54.9 Å². The second-order valence-corrected chi connectivity index (χ2v) is 6.26. The molecule has 0 unspecified atom stereocenters. The lowest BCUT2D eigenvalue weighted by atomic mass is 10.1. The van der Waals surface area contributed by atoms with E-state index in [0.717, 1.165) is 22.1 Å². The summed E-state index contributed by atoms with van der Waals surface area (Å²) in [6, 6.07) is 3.81. The number of hydrogen-bond acceptors (Lipinski definition) is 2. The number of H-pyrrole nitrogens is 1. The highest BCUT2D eigenvalue weighted by atomic mass is 79.9.